The van der Waals surface area contributed by atoms with Gasteiger partial charge < -0.3 is 45.8 Å². The molecule has 0 atom stereocenters. The van der Waals surface area contributed by atoms with Crippen LogP contribution in [0.3, 0.4) is 0 Å². The molecule has 0 aliphatic rings. The third-order valence-corrected chi connectivity index (χ3v) is 7.43. The number of alkyl halides is 6. The van der Waals surface area contributed by atoms with Crippen LogP contribution in [0.2, 0.25) is 0 Å². The maximum atomic E-state index is 13.1. The van der Waals surface area contributed by atoms with Crippen LogP contribution in [-0.4, -0.2) is 85.4 Å². The van der Waals surface area contributed by atoms with Crippen LogP contribution >= 0.6 is 0 Å². The number of nitrogens with two attached hydrogens (primary N) is 1. The van der Waals surface area contributed by atoms with E-state index in [-0.39, 0.29) is 55.1 Å². The average Bonchev–Trinajstić information content (AvgIpc) is 3.49. The summed E-state index contributed by atoms with van der Waals surface area (Å²) < 4.78 is 92.8. The van der Waals surface area contributed by atoms with Gasteiger partial charge in [0.1, 0.15) is 30.3 Å². The number of anilines is 3. The van der Waals surface area contributed by atoms with E-state index in [1.807, 2.05) is 12.1 Å². The number of aromatic nitrogens is 2. The summed E-state index contributed by atoms with van der Waals surface area (Å²) in [5, 5.41) is 10.5. The Bertz CT molecular complexity index is 1980. The van der Waals surface area contributed by atoms with Crippen molar-refractivity contribution in [3.8, 4) is 11.5 Å². The van der Waals surface area contributed by atoms with Gasteiger partial charge in [-0.3, -0.25) is 10.1 Å². The predicted molar refractivity (Wildman–Crippen MR) is 202 cm³/mol. The number of hydrogen-bond acceptors (Lipinski definition) is 9. The quantitative estimate of drug-likeness (QED) is 0.0469. The van der Waals surface area contributed by atoms with Crippen LogP contribution in [0.15, 0.2) is 54.6 Å². The number of aromatic amines is 1. The predicted octanol–water partition coefficient (Wildman–Crippen LogP) is 7.04. The normalized spacial score (nSPS) is 11.6. The van der Waals surface area contributed by atoms with Crippen LogP contribution < -0.4 is 36.5 Å². The summed E-state index contributed by atoms with van der Waals surface area (Å²) in [6.45, 7) is 7.85. The minimum absolute atomic E-state index is 0.0747. The lowest BCUT2D eigenvalue weighted by Crippen LogP contribution is -2.36. The highest BCUT2D eigenvalue weighted by Gasteiger charge is 2.32. The second-order valence-corrected chi connectivity index (χ2v) is 13.4. The van der Waals surface area contributed by atoms with Crippen molar-refractivity contribution in [2.45, 2.75) is 52.1 Å². The molecule has 14 nitrogen and oxygen atoms in total. The van der Waals surface area contributed by atoms with Crippen molar-refractivity contribution >= 4 is 46.4 Å². The van der Waals surface area contributed by atoms with Crippen LogP contribution in [0.4, 0.5) is 53.3 Å². The van der Waals surface area contributed by atoms with Crippen LogP contribution in [0.5, 0.6) is 11.5 Å². The number of rotatable bonds is 13. The van der Waals surface area contributed by atoms with Gasteiger partial charge in [0.2, 0.25) is 11.9 Å². The SMILES string of the molecule is CN(CCOc1ccc(C(F)(F)F)cc1N)C(=O)OC(C)(C)C.CNCCOc1ccc(C(F)(F)F)cc1NC(=O)NCCc1ccc2nc(NC(C)=O)[nH]c2c1. The van der Waals surface area contributed by atoms with E-state index in [2.05, 4.69) is 31.2 Å². The number of nitrogens with zero attached hydrogens (tertiary/aromatic N) is 2. The molecular formula is C37H46F6N8O6. The lowest BCUT2D eigenvalue weighted by molar-refractivity contribution is -0.138. The van der Waals surface area contributed by atoms with E-state index in [1.165, 1.54) is 24.9 Å². The molecule has 0 unspecified atom stereocenters. The van der Waals surface area contributed by atoms with Crippen molar-refractivity contribution in [3.63, 3.8) is 0 Å². The first-order valence-electron chi connectivity index (χ1n) is 17.4. The highest BCUT2D eigenvalue weighted by molar-refractivity contribution is 5.91. The van der Waals surface area contributed by atoms with E-state index in [0.717, 1.165) is 41.4 Å². The Kier molecular flexibility index (Phi) is 15.8. The standard InChI is InChI=1S/C22H25F3N6O3.C15H21F3N2O3/c1-13(32)28-20-29-16-5-3-14(11-17(16)30-20)7-8-27-21(33)31-18-12-15(22(23,24)25)4-6-19(18)34-10-9-26-2;1-14(2,3)23-13(21)20(4)7-8-22-12-6-5-10(9-11(12)19)15(16,17)18/h3-6,11-12,26H,7-10H2,1-2H3,(H2,27,31,33)(H2,28,29,30,32);5-6,9H,7-8,19H2,1-4H3. The zero-order chi connectivity index (χ0) is 42.6. The molecule has 7 N–H and O–H groups in total. The molecule has 4 rings (SSSR count). The fourth-order valence-electron chi connectivity index (χ4n) is 4.70. The Morgan fingerprint density at radius 1 is 0.842 bits per heavy atom. The summed E-state index contributed by atoms with van der Waals surface area (Å²) in [5.74, 6) is 0.366. The van der Waals surface area contributed by atoms with Crippen LogP contribution in [0.1, 0.15) is 44.4 Å². The molecule has 0 spiro atoms. The number of hydrogen-bond donors (Lipinski definition) is 6. The van der Waals surface area contributed by atoms with Gasteiger partial charge in [-0.15, -0.1) is 0 Å². The van der Waals surface area contributed by atoms with E-state index < -0.39 is 41.2 Å². The van der Waals surface area contributed by atoms with Gasteiger partial charge in [0.05, 0.1) is 40.1 Å². The zero-order valence-corrected chi connectivity index (χ0v) is 32.1. The molecule has 20 heteroatoms. The number of halogens is 6. The zero-order valence-electron chi connectivity index (χ0n) is 32.1. The van der Waals surface area contributed by atoms with Crippen LogP contribution in [-0.2, 0) is 28.3 Å². The highest BCUT2D eigenvalue weighted by Crippen LogP contribution is 2.35. The number of benzene rings is 3. The minimum Gasteiger partial charge on any atom is -0.490 e. The molecule has 1 heterocycles. The Morgan fingerprint density at radius 3 is 2.07 bits per heavy atom. The molecule has 0 saturated heterocycles. The first kappa shape index (κ1) is 45.5. The number of carbonyl (C=O) groups is 3. The Balaban J connectivity index is 0.000000331. The fourth-order valence-corrected chi connectivity index (χ4v) is 4.70. The van der Waals surface area contributed by atoms with Crippen molar-refractivity contribution in [1.82, 2.24) is 25.5 Å². The van der Waals surface area contributed by atoms with E-state index in [0.29, 0.717) is 24.4 Å². The molecule has 0 saturated carbocycles. The van der Waals surface area contributed by atoms with Gasteiger partial charge in [-0.25, -0.2) is 14.6 Å². The van der Waals surface area contributed by atoms with E-state index in [9.17, 15) is 40.7 Å². The van der Waals surface area contributed by atoms with Crippen molar-refractivity contribution in [3.05, 3.63) is 71.3 Å². The van der Waals surface area contributed by atoms with Gasteiger partial charge in [-0.05, 0) is 88.3 Å². The van der Waals surface area contributed by atoms with E-state index in [1.54, 1.807) is 33.9 Å². The number of urea groups is 1. The average molecular weight is 813 g/mol. The number of carbonyl (C=O) groups excluding carboxylic acids is 3. The summed E-state index contributed by atoms with van der Waals surface area (Å²) in [4.78, 5) is 43.8. The molecule has 0 bridgehead atoms. The Morgan fingerprint density at radius 2 is 1.47 bits per heavy atom. The number of H-pyrrole nitrogens is 1. The van der Waals surface area contributed by atoms with Gasteiger partial charge in [-0.2, -0.15) is 26.3 Å². The molecule has 312 valence electrons. The molecular weight excluding hydrogens is 766 g/mol. The highest BCUT2D eigenvalue weighted by atomic mass is 19.4. The third kappa shape index (κ3) is 15.3. The summed E-state index contributed by atoms with van der Waals surface area (Å²) in [7, 11) is 3.25. The topological polar surface area (TPSA) is 185 Å². The molecule has 3 aromatic carbocycles. The third-order valence-electron chi connectivity index (χ3n) is 7.43. The van der Waals surface area contributed by atoms with Gasteiger partial charge in [-0.1, -0.05) is 6.07 Å². The summed E-state index contributed by atoms with van der Waals surface area (Å²) in [6, 6.07) is 10.6. The van der Waals surface area contributed by atoms with Crippen LogP contribution in [0, 0.1) is 0 Å². The molecule has 57 heavy (non-hydrogen) atoms. The first-order chi connectivity index (χ1) is 26.5. The monoisotopic (exact) mass is 812 g/mol. The second kappa shape index (κ2) is 19.8. The van der Waals surface area contributed by atoms with Crippen molar-refractivity contribution in [2.75, 3.05) is 63.3 Å². The lowest BCUT2D eigenvalue weighted by Gasteiger charge is -2.24. The van der Waals surface area contributed by atoms with Gasteiger partial charge in [0.15, 0.2) is 0 Å². The number of likely N-dealkylation sites (N-methyl/N-ethyl adjacent to an activating group) is 2. The molecule has 0 aliphatic heterocycles. The molecule has 0 radical (unpaired) electrons. The maximum Gasteiger partial charge on any atom is 0.416 e. The van der Waals surface area contributed by atoms with E-state index in [4.69, 9.17) is 19.9 Å². The number of amides is 4. The van der Waals surface area contributed by atoms with Crippen molar-refractivity contribution in [2.24, 2.45) is 0 Å². The number of fused-ring (bicyclic) bond motifs is 1. The summed E-state index contributed by atoms with van der Waals surface area (Å²) >= 11 is 0. The Hall–Kier alpha value is -5.92. The molecule has 4 aromatic rings. The molecule has 4 amide bonds. The largest absolute Gasteiger partial charge is 0.490 e. The first-order valence-corrected chi connectivity index (χ1v) is 17.4. The van der Waals surface area contributed by atoms with Crippen molar-refractivity contribution in [1.29, 1.82) is 0 Å². The molecule has 1 aromatic heterocycles. The number of nitrogens with one attached hydrogen (secondary N) is 5. The van der Waals surface area contributed by atoms with E-state index >= 15 is 0 Å². The molecule has 0 fully saturated rings. The van der Waals surface area contributed by atoms with Gasteiger partial charge in [0.25, 0.3) is 0 Å². The maximum absolute atomic E-state index is 13.1. The lowest BCUT2D eigenvalue weighted by atomic mass is 10.1. The number of nitrogen functional groups attached to an aromatic ring is 1. The minimum atomic E-state index is -4.55. The second-order valence-electron chi connectivity index (χ2n) is 13.4. The molecule has 0 aliphatic carbocycles. The van der Waals surface area contributed by atoms with Gasteiger partial charge in [0, 0.05) is 27.1 Å². The Labute approximate surface area is 324 Å². The fraction of sp³-hybridized carbons (Fsp3) is 0.405. The number of ether oxygens (including phenoxy) is 3. The van der Waals surface area contributed by atoms with Crippen LogP contribution in [0.25, 0.3) is 11.0 Å². The van der Waals surface area contributed by atoms with Crippen molar-refractivity contribution < 1.29 is 54.9 Å². The number of imidazole rings is 1. The summed E-state index contributed by atoms with van der Waals surface area (Å²) in [5.41, 5.74) is 5.31. The smallest absolute Gasteiger partial charge is 0.416 e. The van der Waals surface area contributed by atoms with Gasteiger partial charge >= 0.3 is 24.5 Å². The summed E-state index contributed by atoms with van der Waals surface area (Å²) in [6.07, 6.45) is -9.06.